The largest absolute Gasteiger partial charge is 0.397 e. The average Bonchev–Trinajstić information content (AvgIpc) is 2.29. The van der Waals surface area contributed by atoms with Crippen molar-refractivity contribution < 1.29 is 9.18 Å². The highest BCUT2D eigenvalue weighted by atomic mass is 19.1. The van der Waals surface area contributed by atoms with Gasteiger partial charge >= 0.3 is 0 Å². The molecule has 0 spiro atoms. The molecule has 17 heavy (non-hydrogen) atoms. The Kier molecular flexibility index (Phi) is 2.95. The van der Waals surface area contributed by atoms with E-state index in [0.29, 0.717) is 0 Å². The van der Waals surface area contributed by atoms with Crippen LogP contribution in [0, 0.1) is 5.95 Å². The van der Waals surface area contributed by atoms with E-state index >= 15 is 0 Å². The second-order valence-corrected chi connectivity index (χ2v) is 3.24. The summed E-state index contributed by atoms with van der Waals surface area (Å²) >= 11 is 0. The van der Waals surface area contributed by atoms with Gasteiger partial charge in [-0.2, -0.15) is 4.39 Å². The lowest BCUT2D eigenvalue weighted by molar-refractivity contribution is 0.102. The Morgan fingerprint density at radius 1 is 1.29 bits per heavy atom. The topological polar surface area (TPSA) is 80.9 Å². The number of nitrogens with two attached hydrogens (primary N) is 1. The summed E-state index contributed by atoms with van der Waals surface area (Å²) in [4.78, 5) is 19.1. The highest BCUT2D eigenvalue weighted by molar-refractivity contribution is 6.05. The molecule has 0 fully saturated rings. The van der Waals surface area contributed by atoms with Crippen LogP contribution in [0.1, 0.15) is 10.5 Å². The molecule has 1 amide bonds. The Labute approximate surface area is 96.5 Å². The van der Waals surface area contributed by atoms with E-state index in [1.807, 2.05) is 0 Å². The number of aromatic nitrogens is 2. The number of carbonyl (C=O) groups is 1. The summed E-state index contributed by atoms with van der Waals surface area (Å²) in [6, 6.07) is 7.28. The minimum Gasteiger partial charge on any atom is -0.397 e. The summed E-state index contributed by atoms with van der Waals surface area (Å²) in [7, 11) is 0. The van der Waals surface area contributed by atoms with Gasteiger partial charge in [0.1, 0.15) is 5.82 Å². The maximum Gasteiger partial charge on any atom is 0.277 e. The van der Waals surface area contributed by atoms with Crippen molar-refractivity contribution in [2.75, 3.05) is 11.1 Å². The summed E-state index contributed by atoms with van der Waals surface area (Å²) in [6.45, 7) is 0. The number of anilines is 2. The van der Waals surface area contributed by atoms with Crippen LogP contribution < -0.4 is 11.1 Å². The Morgan fingerprint density at radius 2 is 2.12 bits per heavy atom. The molecule has 0 aliphatic rings. The van der Waals surface area contributed by atoms with Gasteiger partial charge in [-0.25, -0.2) is 9.97 Å². The molecule has 2 rings (SSSR count). The number of nitrogen functional groups attached to an aromatic ring is 1. The smallest absolute Gasteiger partial charge is 0.277 e. The van der Waals surface area contributed by atoms with Crippen LogP contribution in [-0.2, 0) is 0 Å². The van der Waals surface area contributed by atoms with Crippen LogP contribution in [0.3, 0.4) is 0 Å². The van der Waals surface area contributed by atoms with Crippen molar-refractivity contribution >= 4 is 17.4 Å². The van der Waals surface area contributed by atoms with Crippen molar-refractivity contribution in [1.29, 1.82) is 0 Å². The number of hydrogen-bond donors (Lipinski definition) is 2. The Balaban J connectivity index is 2.20. The van der Waals surface area contributed by atoms with Gasteiger partial charge in [0.15, 0.2) is 5.69 Å². The van der Waals surface area contributed by atoms with Gasteiger partial charge in [-0.15, -0.1) is 0 Å². The van der Waals surface area contributed by atoms with Crippen LogP contribution in [-0.4, -0.2) is 15.9 Å². The predicted octanol–water partition coefficient (Wildman–Crippen LogP) is 1.45. The zero-order chi connectivity index (χ0) is 12.3. The first-order chi connectivity index (χ1) is 8.16. The molecule has 0 aromatic carbocycles. The van der Waals surface area contributed by atoms with Crippen molar-refractivity contribution in [3.05, 3.63) is 48.2 Å². The molecule has 2 heterocycles. The number of halogens is 1. The van der Waals surface area contributed by atoms with E-state index in [1.54, 1.807) is 12.1 Å². The summed E-state index contributed by atoms with van der Waals surface area (Å²) in [5.74, 6) is -1.09. The number of nitrogens with one attached hydrogen (secondary N) is 1. The number of carbonyl (C=O) groups excluding carboxylic acids is 1. The Morgan fingerprint density at radius 3 is 2.82 bits per heavy atom. The summed E-state index contributed by atoms with van der Waals surface area (Å²) in [5.41, 5.74) is 5.92. The zero-order valence-electron chi connectivity index (χ0n) is 8.72. The average molecular weight is 232 g/mol. The van der Waals surface area contributed by atoms with Gasteiger partial charge in [-0.3, -0.25) is 4.79 Å². The normalized spacial score (nSPS) is 9.94. The molecule has 0 unspecified atom stereocenters. The lowest BCUT2D eigenvalue weighted by Crippen LogP contribution is -2.16. The molecule has 2 aromatic rings. The summed E-state index contributed by atoms with van der Waals surface area (Å²) in [6.07, 6.45) is 1.45. The molecule has 0 radical (unpaired) electrons. The quantitative estimate of drug-likeness (QED) is 0.768. The maximum absolute atomic E-state index is 12.8. The van der Waals surface area contributed by atoms with Crippen LogP contribution in [0.2, 0.25) is 0 Å². The molecule has 0 saturated heterocycles. The van der Waals surface area contributed by atoms with Gasteiger partial charge in [-0.1, -0.05) is 6.07 Å². The molecule has 0 atom stereocenters. The molecule has 2 aromatic heterocycles. The highest BCUT2D eigenvalue weighted by Crippen LogP contribution is 2.10. The number of pyridine rings is 2. The molecule has 0 aliphatic carbocycles. The van der Waals surface area contributed by atoms with E-state index in [9.17, 15) is 9.18 Å². The molecule has 0 aliphatic heterocycles. The molecule has 5 nitrogen and oxygen atoms in total. The third-order valence-electron chi connectivity index (χ3n) is 2.01. The number of hydrogen-bond acceptors (Lipinski definition) is 4. The third-order valence-corrected chi connectivity index (χ3v) is 2.01. The van der Waals surface area contributed by atoms with Crippen LogP contribution in [0.15, 0.2) is 36.5 Å². The van der Waals surface area contributed by atoms with Crippen LogP contribution in [0.25, 0.3) is 0 Å². The second kappa shape index (κ2) is 4.56. The molecule has 86 valence electrons. The van der Waals surface area contributed by atoms with Gasteiger partial charge in [0.05, 0.1) is 5.69 Å². The van der Waals surface area contributed by atoms with Crippen LogP contribution in [0.4, 0.5) is 15.9 Å². The summed E-state index contributed by atoms with van der Waals surface area (Å²) < 4.78 is 12.8. The van der Waals surface area contributed by atoms with Gasteiger partial charge in [-0.05, 0) is 24.3 Å². The van der Waals surface area contributed by atoms with Gasteiger partial charge in [0.25, 0.3) is 5.91 Å². The van der Waals surface area contributed by atoms with Crippen LogP contribution >= 0.6 is 0 Å². The Hall–Kier alpha value is -2.50. The molecule has 3 N–H and O–H groups in total. The molecular weight excluding hydrogens is 223 g/mol. The van der Waals surface area contributed by atoms with Crippen molar-refractivity contribution in [3.8, 4) is 0 Å². The monoisotopic (exact) mass is 232 g/mol. The van der Waals surface area contributed by atoms with Gasteiger partial charge < -0.3 is 11.1 Å². The number of rotatable bonds is 2. The third kappa shape index (κ3) is 2.54. The first-order valence-electron chi connectivity index (χ1n) is 4.81. The van der Waals surface area contributed by atoms with E-state index in [2.05, 4.69) is 15.3 Å². The number of amides is 1. The standard InChI is InChI=1S/C11H9FN4O/c12-8-4-1-5-9(15-8)16-11(17)10-7(13)3-2-6-14-10/h1-6H,13H2,(H,15,16,17). The molecule has 0 bridgehead atoms. The van der Waals surface area contributed by atoms with E-state index < -0.39 is 11.9 Å². The fraction of sp³-hybridized carbons (Fsp3) is 0. The Bertz CT molecular complexity index is 559. The van der Waals surface area contributed by atoms with E-state index in [-0.39, 0.29) is 17.2 Å². The van der Waals surface area contributed by atoms with Gasteiger partial charge in [0, 0.05) is 6.20 Å². The first-order valence-corrected chi connectivity index (χ1v) is 4.81. The van der Waals surface area contributed by atoms with Crippen molar-refractivity contribution in [2.24, 2.45) is 0 Å². The van der Waals surface area contributed by atoms with Crippen molar-refractivity contribution in [2.45, 2.75) is 0 Å². The fourth-order valence-electron chi connectivity index (χ4n) is 1.26. The number of nitrogens with zero attached hydrogens (tertiary/aromatic N) is 2. The molecule has 6 heteroatoms. The van der Waals surface area contributed by atoms with E-state index in [0.717, 1.165) is 0 Å². The minimum atomic E-state index is -0.670. The summed E-state index contributed by atoms with van der Waals surface area (Å²) in [5, 5.41) is 2.41. The SMILES string of the molecule is Nc1cccnc1C(=O)Nc1cccc(F)n1. The van der Waals surface area contributed by atoms with Crippen molar-refractivity contribution in [3.63, 3.8) is 0 Å². The fourth-order valence-corrected chi connectivity index (χ4v) is 1.26. The molecule has 0 saturated carbocycles. The maximum atomic E-state index is 12.8. The van der Waals surface area contributed by atoms with Gasteiger partial charge in [0.2, 0.25) is 5.95 Å². The predicted molar refractivity (Wildman–Crippen MR) is 60.8 cm³/mol. The van der Waals surface area contributed by atoms with Crippen LogP contribution in [0.5, 0.6) is 0 Å². The lowest BCUT2D eigenvalue weighted by atomic mass is 10.3. The van der Waals surface area contributed by atoms with E-state index in [4.69, 9.17) is 5.73 Å². The highest BCUT2D eigenvalue weighted by Gasteiger charge is 2.11. The van der Waals surface area contributed by atoms with Crippen molar-refractivity contribution in [1.82, 2.24) is 9.97 Å². The second-order valence-electron chi connectivity index (χ2n) is 3.24. The minimum absolute atomic E-state index is 0.0820. The lowest BCUT2D eigenvalue weighted by Gasteiger charge is -2.05. The first kappa shape index (κ1) is 11.0. The van der Waals surface area contributed by atoms with E-state index in [1.165, 1.54) is 24.4 Å². The zero-order valence-corrected chi connectivity index (χ0v) is 8.72. The molecular formula is C11H9FN4O.